The van der Waals surface area contributed by atoms with Gasteiger partial charge < -0.3 is 4.74 Å². The first-order valence-electron chi connectivity index (χ1n) is 8.52. The number of hydrogen-bond acceptors (Lipinski definition) is 3. The van der Waals surface area contributed by atoms with Crippen LogP contribution in [0.5, 0.6) is 0 Å². The lowest BCUT2D eigenvalue weighted by Crippen LogP contribution is -2.53. The highest BCUT2D eigenvalue weighted by Crippen LogP contribution is 2.21. The third-order valence-corrected chi connectivity index (χ3v) is 4.56. The Balaban J connectivity index is 1.84. The molecule has 0 bridgehead atoms. The predicted octanol–water partition coefficient (Wildman–Crippen LogP) is 0.821. The second kappa shape index (κ2) is 6.33. The summed E-state index contributed by atoms with van der Waals surface area (Å²) >= 11 is 0. The van der Waals surface area contributed by atoms with Gasteiger partial charge in [0.15, 0.2) is 6.17 Å². The fourth-order valence-corrected chi connectivity index (χ4v) is 3.22. The molecular weight excluding hydrogens is 318 g/mol. The number of benzene rings is 1. The normalized spacial score (nSPS) is 19.8. The van der Waals surface area contributed by atoms with Crippen LogP contribution in [0.25, 0.3) is 0 Å². The largest absolute Gasteiger partial charge is 0.375 e. The smallest absolute Gasteiger partial charge is 0.355 e. The van der Waals surface area contributed by atoms with Crippen LogP contribution in [-0.4, -0.2) is 46.4 Å². The average molecular weight is 340 g/mol. The standard InChI is InChI=1S/C18H21N5O2/c1-12-3-5-14(6-4-12)16-20-17(22-7-9-25-10-8-22)21-18-19-13(2)11-15(24)23(16)18/h3-6,11,16H,7-10H2,1-2H3,(H,19,20,21,24)/p+1. The Morgan fingerprint density at radius 2 is 1.92 bits per heavy atom. The minimum absolute atomic E-state index is 0.0749. The van der Waals surface area contributed by atoms with E-state index in [0.717, 1.165) is 24.6 Å². The number of aryl methyl sites for hydroxylation is 2. The van der Waals surface area contributed by atoms with Gasteiger partial charge in [0.2, 0.25) is 0 Å². The molecule has 2 N–H and O–H groups in total. The van der Waals surface area contributed by atoms with Crippen LogP contribution < -0.4 is 16.2 Å². The Hall–Kier alpha value is -2.67. The maximum absolute atomic E-state index is 12.6. The summed E-state index contributed by atoms with van der Waals surface area (Å²) in [6.07, 6.45) is -0.296. The summed E-state index contributed by atoms with van der Waals surface area (Å²) in [5, 5.41) is 6.76. The summed E-state index contributed by atoms with van der Waals surface area (Å²) in [4.78, 5) is 17.2. The van der Waals surface area contributed by atoms with Crippen LogP contribution in [0.2, 0.25) is 0 Å². The van der Waals surface area contributed by atoms with Gasteiger partial charge in [-0.3, -0.25) is 14.7 Å². The van der Waals surface area contributed by atoms with Crippen LogP contribution >= 0.6 is 0 Å². The van der Waals surface area contributed by atoms with E-state index in [0.29, 0.717) is 24.9 Å². The predicted molar refractivity (Wildman–Crippen MR) is 95.1 cm³/mol. The quantitative estimate of drug-likeness (QED) is 0.752. The molecule has 2 aliphatic rings. The van der Waals surface area contributed by atoms with Crippen LogP contribution in [0.3, 0.4) is 0 Å². The molecule has 1 aromatic carbocycles. The third kappa shape index (κ3) is 3.02. The van der Waals surface area contributed by atoms with Crippen molar-refractivity contribution in [1.29, 1.82) is 0 Å². The number of morpholine rings is 1. The fraction of sp³-hybridized carbons (Fsp3) is 0.389. The molecule has 0 aliphatic carbocycles. The Morgan fingerprint density at radius 3 is 2.64 bits per heavy atom. The average Bonchev–Trinajstić information content (AvgIpc) is 2.62. The van der Waals surface area contributed by atoms with E-state index in [2.05, 4.69) is 39.2 Å². The van der Waals surface area contributed by atoms with E-state index in [1.54, 1.807) is 10.6 Å². The molecular formula is C18H22N5O2+. The lowest BCUT2D eigenvalue weighted by atomic mass is 10.1. The van der Waals surface area contributed by atoms with Crippen molar-refractivity contribution in [2.75, 3.05) is 31.6 Å². The van der Waals surface area contributed by atoms with Gasteiger partial charge >= 0.3 is 5.96 Å². The highest BCUT2D eigenvalue weighted by Gasteiger charge is 2.33. The highest BCUT2D eigenvalue weighted by atomic mass is 16.5. The first-order chi connectivity index (χ1) is 12.1. The molecule has 1 fully saturated rings. The zero-order valence-corrected chi connectivity index (χ0v) is 14.5. The van der Waals surface area contributed by atoms with E-state index in [1.165, 1.54) is 5.56 Å². The molecule has 0 spiro atoms. The molecule has 2 aromatic rings. The number of aromatic nitrogens is 2. The van der Waals surface area contributed by atoms with Gasteiger partial charge in [-0.25, -0.2) is 14.9 Å². The molecule has 7 heteroatoms. The Labute approximate surface area is 146 Å². The molecule has 1 atom stereocenters. The zero-order chi connectivity index (χ0) is 17.4. The summed E-state index contributed by atoms with van der Waals surface area (Å²) in [5.41, 5.74) is 2.83. The molecule has 3 heterocycles. The highest BCUT2D eigenvalue weighted by molar-refractivity contribution is 5.90. The topological polar surface area (TPSA) is 71.2 Å². The SMILES string of the molecule is Cc1ccc(C2NC(=[N+]3CCOCC3)Nc3nc(C)cc(=O)n32)cc1. The molecule has 1 aromatic heterocycles. The zero-order valence-electron chi connectivity index (χ0n) is 14.5. The number of nitrogens with zero attached hydrogens (tertiary/aromatic N) is 3. The summed E-state index contributed by atoms with van der Waals surface area (Å²) in [5.74, 6) is 1.43. The van der Waals surface area contributed by atoms with Gasteiger partial charge in [0.1, 0.15) is 0 Å². The van der Waals surface area contributed by atoms with Crippen LogP contribution in [0, 0.1) is 13.8 Å². The molecule has 4 rings (SSSR count). The molecule has 0 amide bonds. The van der Waals surface area contributed by atoms with Crippen molar-refractivity contribution >= 4 is 11.9 Å². The minimum atomic E-state index is -0.296. The van der Waals surface area contributed by atoms with Crippen molar-refractivity contribution in [1.82, 2.24) is 14.9 Å². The number of guanidine groups is 1. The molecule has 1 saturated heterocycles. The van der Waals surface area contributed by atoms with Gasteiger partial charge in [0.25, 0.3) is 11.5 Å². The molecule has 2 aliphatic heterocycles. The molecule has 25 heavy (non-hydrogen) atoms. The van der Waals surface area contributed by atoms with Gasteiger partial charge in [-0.2, -0.15) is 0 Å². The molecule has 0 radical (unpaired) electrons. The Morgan fingerprint density at radius 1 is 1.20 bits per heavy atom. The Bertz CT molecular complexity index is 877. The van der Waals surface area contributed by atoms with Crippen LogP contribution in [0.4, 0.5) is 5.95 Å². The van der Waals surface area contributed by atoms with Crippen molar-refractivity contribution in [3.8, 4) is 0 Å². The van der Waals surface area contributed by atoms with Gasteiger partial charge in [-0.15, -0.1) is 0 Å². The van der Waals surface area contributed by atoms with Crippen LogP contribution in [-0.2, 0) is 4.74 Å². The maximum atomic E-state index is 12.6. The van der Waals surface area contributed by atoms with E-state index in [9.17, 15) is 4.79 Å². The number of hydrogen-bond donors (Lipinski definition) is 2. The summed E-state index contributed by atoms with van der Waals surface area (Å²) in [6, 6.07) is 9.77. The molecule has 7 nitrogen and oxygen atoms in total. The second-order valence-corrected chi connectivity index (χ2v) is 6.46. The van der Waals surface area contributed by atoms with E-state index < -0.39 is 0 Å². The first kappa shape index (κ1) is 15.8. The van der Waals surface area contributed by atoms with Crippen molar-refractivity contribution in [2.45, 2.75) is 20.0 Å². The van der Waals surface area contributed by atoms with Gasteiger partial charge in [0.05, 0.1) is 26.3 Å². The van der Waals surface area contributed by atoms with Crippen molar-refractivity contribution in [2.24, 2.45) is 0 Å². The lowest BCUT2D eigenvalue weighted by molar-refractivity contribution is -0.551. The van der Waals surface area contributed by atoms with Crippen LogP contribution in [0.1, 0.15) is 23.0 Å². The van der Waals surface area contributed by atoms with Gasteiger partial charge in [0, 0.05) is 17.3 Å². The van der Waals surface area contributed by atoms with Gasteiger partial charge in [-0.05, 0) is 13.8 Å². The Kier molecular flexibility index (Phi) is 4.01. The van der Waals surface area contributed by atoms with Crippen molar-refractivity contribution < 1.29 is 9.31 Å². The third-order valence-electron chi connectivity index (χ3n) is 4.56. The van der Waals surface area contributed by atoms with Crippen molar-refractivity contribution in [3.63, 3.8) is 0 Å². The second-order valence-electron chi connectivity index (χ2n) is 6.46. The monoisotopic (exact) mass is 340 g/mol. The number of nitrogens with one attached hydrogen (secondary N) is 2. The maximum Gasteiger partial charge on any atom is 0.355 e. The molecule has 0 saturated carbocycles. The number of fused-ring (bicyclic) bond motifs is 1. The summed E-state index contributed by atoms with van der Waals surface area (Å²) < 4.78 is 9.31. The molecule has 130 valence electrons. The lowest BCUT2D eigenvalue weighted by Gasteiger charge is -2.28. The molecule has 1 unspecified atom stereocenters. The van der Waals surface area contributed by atoms with E-state index in [1.807, 2.05) is 19.1 Å². The first-order valence-corrected chi connectivity index (χ1v) is 8.52. The van der Waals surface area contributed by atoms with E-state index in [4.69, 9.17) is 4.74 Å². The summed E-state index contributed by atoms with van der Waals surface area (Å²) in [6.45, 7) is 6.86. The fourth-order valence-electron chi connectivity index (χ4n) is 3.22. The summed E-state index contributed by atoms with van der Waals surface area (Å²) in [7, 11) is 0. The number of rotatable bonds is 1. The minimum Gasteiger partial charge on any atom is -0.375 e. The number of anilines is 1. The van der Waals surface area contributed by atoms with Gasteiger partial charge in [-0.1, -0.05) is 29.8 Å². The van der Waals surface area contributed by atoms with E-state index >= 15 is 0 Å². The number of ether oxygens (including phenoxy) is 1. The van der Waals surface area contributed by atoms with E-state index in [-0.39, 0.29) is 11.7 Å². The van der Waals surface area contributed by atoms with Crippen LogP contribution in [0.15, 0.2) is 35.1 Å². The van der Waals surface area contributed by atoms with Crippen molar-refractivity contribution in [3.05, 3.63) is 57.5 Å².